The Morgan fingerprint density at radius 2 is 2.09 bits per heavy atom. The van der Waals surface area contributed by atoms with Crippen molar-refractivity contribution in [2.45, 2.75) is 32.0 Å². The Bertz CT molecular complexity index is 643. The lowest BCUT2D eigenvalue weighted by Crippen LogP contribution is -2.35. The molecule has 0 saturated carbocycles. The van der Waals surface area contributed by atoms with Gasteiger partial charge in [-0.05, 0) is 43.1 Å². The zero-order chi connectivity index (χ0) is 16.1. The summed E-state index contributed by atoms with van der Waals surface area (Å²) >= 11 is 0. The number of carboxylic acid groups (broad SMARTS) is 1. The van der Waals surface area contributed by atoms with E-state index in [9.17, 15) is 9.90 Å². The molecular weight excluding hydrogens is 292 g/mol. The van der Waals surface area contributed by atoms with E-state index in [2.05, 4.69) is 4.98 Å². The van der Waals surface area contributed by atoms with Crippen molar-refractivity contribution < 1.29 is 14.6 Å². The SMILES string of the molecule is O=C(O)[C@@H]1CCCN1Cc1ccc(OCc2cccnc2)cc1. The van der Waals surface area contributed by atoms with Crippen LogP contribution in [0.2, 0.25) is 0 Å². The summed E-state index contributed by atoms with van der Waals surface area (Å²) in [6, 6.07) is 11.4. The second-order valence-corrected chi connectivity index (χ2v) is 5.76. The molecule has 0 bridgehead atoms. The van der Waals surface area contributed by atoms with Gasteiger partial charge in [-0.1, -0.05) is 18.2 Å². The van der Waals surface area contributed by atoms with Crippen molar-refractivity contribution in [3.8, 4) is 5.75 Å². The van der Waals surface area contributed by atoms with Crippen LogP contribution in [0.15, 0.2) is 48.8 Å². The summed E-state index contributed by atoms with van der Waals surface area (Å²) in [5.74, 6) is 0.0766. The van der Waals surface area contributed by atoms with Gasteiger partial charge in [-0.3, -0.25) is 14.7 Å². The number of benzene rings is 1. The molecule has 3 rings (SSSR count). The van der Waals surface area contributed by atoms with Crippen LogP contribution in [-0.4, -0.2) is 33.5 Å². The molecule has 1 N–H and O–H groups in total. The highest BCUT2D eigenvalue weighted by Gasteiger charge is 2.30. The number of nitrogens with zero attached hydrogens (tertiary/aromatic N) is 2. The largest absolute Gasteiger partial charge is 0.489 e. The van der Waals surface area contributed by atoms with Crippen molar-refractivity contribution in [3.63, 3.8) is 0 Å². The lowest BCUT2D eigenvalue weighted by Gasteiger charge is -2.21. The van der Waals surface area contributed by atoms with Gasteiger partial charge in [0.05, 0.1) is 0 Å². The minimum absolute atomic E-state index is 0.350. The van der Waals surface area contributed by atoms with Crippen LogP contribution < -0.4 is 4.74 Å². The Balaban J connectivity index is 1.56. The van der Waals surface area contributed by atoms with Crippen LogP contribution >= 0.6 is 0 Å². The van der Waals surface area contributed by atoms with Crippen molar-refractivity contribution in [1.82, 2.24) is 9.88 Å². The first-order valence-corrected chi connectivity index (χ1v) is 7.80. The average Bonchev–Trinajstić information content (AvgIpc) is 3.04. The summed E-state index contributed by atoms with van der Waals surface area (Å²) < 4.78 is 5.73. The molecule has 5 heteroatoms. The van der Waals surface area contributed by atoms with E-state index in [-0.39, 0.29) is 6.04 Å². The van der Waals surface area contributed by atoms with Crippen LogP contribution in [0.4, 0.5) is 0 Å². The van der Waals surface area contributed by atoms with E-state index in [1.165, 1.54) is 0 Å². The second kappa shape index (κ2) is 7.24. The van der Waals surface area contributed by atoms with Crippen molar-refractivity contribution in [2.75, 3.05) is 6.54 Å². The van der Waals surface area contributed by atoms with E-state index in [1.54, 1.807) is 12.4 Å². The third kappa shape index (κ3) is 4.07. The smallest absolute Gasteiger partial charge is 0.320 e. The number of ether oxygens (including phenoxy) is 1. The van der Waals surface area contributed by atoms with Crippen LogP contribution in [0.1, 0.15) is 24.0 Å². The molecule has 1 aliphatic heterocycles. The number of hydrogen-bond donors (Lipinski definition) is 1. The summed E-state index contributed by atoms with van der Waals surface area (Å²) in [7, 11) is 0. The van der Waals surface area contributed by atoms with E-state index in [0.717, 1.165) is 36.3 Å². The summed E-state index contributed by atoms with van der Waals surface area (Å²) in [6.07, 6.45) is 5.21. The van der Waals surface area contributed by atoms with Gasteiger partial charge in [-0.25, -0.2) is 0 Å². The zero-order valence-corrected chi connectivity index (χ0v) is 12.9. The number of pyridine rings is 1. The fourth-order valence-corrected chi connectivity index (χ4v) is 2.87. The van der Waals surface area contributed by atoms with Crippen LogP contribution in [0.25, 0.3) is 0 Å². The molecule has 2 heterocycles. The number of carbonyl (C=O) groups is 1. The molecule has 1 aromatic heterocycles. The molecule has 0 amide bonds. The van der Waals surface area contributed by atoms with Gasteiger partial charge in [0.2, 0.25) is 0 Å². The van der Waals surface area contributed by atoms with E-state index >= 15 is 0 Å². The van der Waals surface area contributed by atoms with Gasteiger partial charge in [0, 0.05) is 24.5 Å². The molecule has 5 nitrogen and oxygen atoms in total. The van der Waals surface area contributed by atoms with Gasteiger partial charge in [0.1, 0.15) is 18.4 Å². The Hall–Kier alpha value is -2.40. The van der Waals surface area contributed by atoms with Gasteiger partial charge in [-0.2, -0.15) is 0 Å². The summed E-state index contributed by atoms with van der Waals surface area (Å²) in [5.41, 5.74) is 2.13. The summed E-state index contributed by atoms with van der Waals surface area (Å²) in [5, 5.41) is 9.22. The number of aromatic nitrogens is 1. The fraction of sp³-hybridized carbons (Fsp3) is 0.333. The first kappa shape index (κ1) is 15.5. The van der Waals surface area contributed by atoms with Crippen LogP contribution in [0, 0.1) is 0 Å². The molecule has 1 aliphatic rings. The van der Waals surface area contributed by atoms with Crippen molar-refractivity contribution in [3.05, 3.63) is 59.9 Å². The van der Waals surface area contributed by atoms with E-state index in [1.807, 2.05) is 41.3 Å². The minimum Gasteiger partial charge on any atom is -0.489 e. The second-order valence-electron chi connectivity index (χ2n) is 5.76. The normalized spacial score (nSPS) is 18.0. The molecule has 1 fully saturated rings. The molecule has 1 saturated heterocycles. The van der Waals surface area contributed by atoms with E-state index in [0.29, 0.717) is 13.2 Å². The van der Waals surface area contributed by atoms with Gasteiger partial charge in [-0.15, -0.1) is 0 Å². The highest BCUT2D eigenvalue weighted by Crippen LogP contribution is 2.21. The fourth-order valence-electron chi connectivity index (χ4n) is 2.87. The Morgan fingerprint density at radius 1 is 1.26 bits per heavy atom. The molecular formula is C18H20N2O3. The average molecular weight is 312 g/mol. The molecule has 120 valence electrons. The predicted octanol–water partition coefficient (Wildman–Crippen LogP) is 2.71. The maximum Gasteiger partial charge on any atom is 0.320 e. The lowest BCUT2D eigenvalue weighted by atomic mass is 10.2. The maximum absolute atomic E-state index is 11.2. The van der Waals surface area contributed by atoms with Gasteiger partial charge >= 0.3 is 5.97 Å². The Labute approximate surface area is 135 Å². The monoisotopic (exact) mass is 312 g/mol. The van der Waals surface area contributed by atoms with Crippen LogP contribution in [0.5, 0.6) is 5.75 Å². The van der Waals surface area contributed by atoms with Crippen molar-refractivity contribution in [2.24, 2.45) is 0 Å². The molecule has 0 unspecified atom stereocenters. The lowest BCUT2D eigenvalue weighted by molar-refractivity contribution is -0.142. The number of rotatable bonds is 6. The molecule has 2 aromatic rings. The third-order valence-corrected chi connectivity index (χ3v) is 4.09. The third-order valence-electron chi connectivity index (χ3n) is 4.09. The van der Waals surface area contributed by atoms with E-state index < -0.39 is 5.97 Å². The molecule has 0 aliphatic carbocycles. The van der Waals surface area contributed by atoms with Gasteiger partial charge in [0.15, 0.2) is 0 Å². The molecule has 0 spiro atoms. The quantitative estimate of drug-likeness (QED) is 0.888. The number of hydrogen-bond acceptors (Lipinski definition) is 4. The number of carboxylic acids is 1. The molecule has 1 aromatic carbocycles. The van der Waals surface area contributed by atoms with Crippen LogP contribution in [0.3, 0.4) is 0 Å². The first-order valence-electron chi connectivity index (χ1n) is 7.80. The first-order chi connectivity index (χ1) is 11.2. The predicted molar refractivity (Wildman–Crippen MR) is 86.1 cm³/mol. The highest BCUT2D eigenvalue weighted by molar-refractivity contribution is 5.73. The Kier molecular flexibility index (Phi) is 4.88. The van der Waals surface area contributed by atoms with Crippen molar-refractivity contribution in [1.29, 1.82) is 0 Å². The van der Waals surface area contributed by atoms with Gasteiger partial charge in [0.25, 0.3) is 0 Å². The topological polar surface area (TPSA) is 62.7 Å². The van der Waals surface area contributed by atoms with Crippen molar-refractivity contribution >= 4 is 5.97 Å². The highest BCUT2D eigenvalue weighted by atomic mass is 16.5. The standard InChI is InChI=1S/C18H20N2O3/c21-18(22)17-4-2-10-20(17)12-14-5-7-16(8-6-14)23-13-15-3-1-9-19-11-15/h1,3,5-9,11,17H,2,4,10,12-13H2,(H,21,22)/t17-/m0/s1. The summed E-state index contributed by atoms with van der Waals surface area (Å²) in [4.78, 5) is 17.3. The number of aliphatic carboxylic acids is 1. The van der Waals surface area contributed by atoms with Gasteiger partial charge < -0.3 is 9.84 Å². The molecule has 0 radical (unpaired) electrons. The zero-order valence-electron chi connectivity index (χ0n) is 12.9. The maximum atomic E-state index is 11.2. The number of likely N-dealkylation sites (tertiary alicyclic amines) is 1. The molecule has 1 atom stereocenters. The van der Waals surface area contributed by atoms with Crippen LogP contribution in [-0.2, 0) is 17.9 Å². The summed E-state index contributed by atoms with van der Waals surface area (Å²) in [6.45, 7) is 2.00. The Morgan fingerprint density at radius 3 is 2.78 bits per heavy atom. The van der Waals surface area contributed by atoms with E-state index in [4.69, 9.17) is 4.74 Å². The minimum atomic E-state index is -0.723. The molecule has 23 heavy (non-hydrogen) atoms.